The van der Waals surface area contributed by atoms with Gasteiger partial charge in [-0.3, -0.25) is 4.79 Å². The Balaban J connectivity index is 2.59. The first-order valence-electron chi connectivity index (χ1n) is 4.99. The van der Waals surface area contributed by atoms with E-state index < -0.39 is 0 Å². The molecular formula is C14H11O2. The van der Waals surface area contributed by atoms with Crippen LogP contribution in [0.2, 0.25) is 0 Å². The quantitative estimate of drug-likeness (QED) is 0.829. The number of hydrogen-bond acceptors (Lipinski definition) is 2. The number of aromatic hydroxyl groups is 1. The molecule has 1 N–H and O–H groups in total. The van der Waals surface area contributed by atoms with Crippen molar-refractivity contribution in [2.75, 3.05) is 0 Å². The fourth-order valence-electron chi connectivity index (χ4n) is 1.66. The first kappa shape index (κ1) is 10.4. The van der Waals surface area contributed by atoms with Gasteiger partial charge in [-0.05, 0) is 30.2 Å². The second-order valence-electron chi connectivity index (χ2n) is 3.65. The van der Waals surface area contributed by atoms with Crippen LogP contribution in [0.4, 0.5) is 0 Å². The number of benzene rings is 2. The highest BCUT2D eigenvalue weighted by Crippen LogP contribution is 2.31. The minimum absolute atomic E-state index is 0.107. The molecule has 0 saturated carbocycles. The molecule has 0 unspecified atom stereocenters. The monoisotopic (exact) mass is 211 g/mol. The van der Waals surface area contributed by atoms with Crippen LogP contribution in [-0.4, -0.2) is 11.4 Å². The van der Waals surface area contributed by atoms with Gasteiger partial charge >= 0.3 is 0 Å². The van der Waals surface area contributed by atoms with Crippen molar-refractivity contribution in [2.24, 2.45) is 0 Å². The molecule has 0 aromatic heterocycles. The van der Waals surface area contributed by atoms with Crippen LogP contribution in [0.3, 0.4) is 0 Å². The first-order chi connectivity index (χ1) is 7.72. The Hall–Kier alpha value is -2.09. The van der Waals surface area contributed by atoms with Crippen LogP contribution >= 0.6 is 0 Å². The van der Waals surface area contributed by atoms with Gasteiger partial charge in [-0.25, -0.2) is 0 Å². The largest absolute Gasteiger partial charge is 0.507 e. The van der Waals surface area contributed by atoms with Gasteiger partial charge in [0.1, 0.15) is 5.75 Å². The molecule has 0 heterocycles. The van der Waals surface area contributed by atoms with Crippen LogP contribution in [0.1, 0.15) is 11.1 Å². The third-order valence-electron chi connectivity index (χ3n) is 2.54. The van der Waals surface area contributed by atoms with Crippen molar-refractivity contribution in [2.45, 2.75) is 6.92 Å². The van der Waals surface area contributed by atoms with Crippen molar-refractivity contribution in [1.82, 2.24) is 0 Å². The molecular weight excluding hydrogens is 200 g/mol. The van der Waals surface area contributed by atoms with Gasteiger partial charge in [0.2, 0.25) is 6.29 Å². The molecule has 0 bridgehead atoms. The van der Waals surface area contributed by atoms with Crippen LogP contribution in [0.5, 0.6) is 5.75 Å². The smallest absolute Gasteiger partial charge is 0.233 e. The maximum absolute atomic E-state index is 10.6. The van der Waals surface area contributed by atoms with E-state index in [0.717, 1.165) is 16.7 Å². The lowest BCUT2D eigenvalue weighted by Crippen LogP contribution is -1.89. The van der Waals surface area contributed by atoms with Gasteiger partial charge < -0.3 is 5.11 Å². The predicted octanol–water partition coefficient (Wildman–Crippen LogP) is 2.83. The molecule has 0 spiro atoms. The van der Waals surface area contributed by atoms with Gasteiger partial charge in [0.15, 0.2) is 0 Å². The highest BCUT2D eigenvalue weighted by Gasteiger charge is 2.08. The number of phenolic OH excluding ortho intramolecular Hbond substituents is 1. The van der Waals surface area contributed by atoms with Crippen LogP contribution < -0.4 is 0 Å². The van der Waals surface area contributed by atoms with Crippen LogP contribution in [0.25, 0.3) is 11.1 Å². The van der Waals surface area contributed by atoms with Gasteiger partial charge in [-0.15, -0.1) is 0 Å². The molecule has 0 aliphatic carbocycles. The topological polar surface area (TPSA) is 37.3 Å². The average molecular weight is 211 g/mol. The van der Waals surface area contributed by atoms with Crippen molar-refractivity contribution < 1.29 is 9.90 Å². The Morgan fingerprint density at radius 3 is 2.44 bits per heavy atom. The molecule has 2 aromatic carbocycles. The second kappa shape index (κ2) is 4.19. The highest BCUT2D eigenvalue weighted by molar-refractivity contribution is 5.82. The van der Waals surface area contributed by atoms with Crippen molar-refractivity contribution in [3.8, 4) is 16.9 Å². The van der Waals surface area contributed by atoms with Crippen LogP contribution in [-0.2, 0) is 4.79 Å². The van der Waals surface area contributed by atoms with E-state index >= 15 is 0 Å². The Labute approximate surface area is 94.2 Å². The van der Waals surface area contributed by atoms with Gasteiger partial charge in [0.25, 0.3) is 0 Å². The molecule has 0 saturated heterocycles. The normalized spacial score (nSPS) is 10.1. The van der Waals surface area contributed by atoms with Crippen molar-refractivity contribution >= 4 is 6.29 Å². The zero-order chi connectivity index (χ0) is 11.5. The summed E-state index contributed by atoms with van der Waals surface area (Å²) in [6, 6.07) is 12.8. The molecule has 0 amide bonds. The molecule has 2 heteroatoms. The molecule has 1 radical (unpaired) electrons. The number of phenols is 1. The van der Waals surface area contributed by atoms with E-state index in [1.54, 1.807) is 12.4 Å². The Kier molecular flexibility index (Phi) is 2.73. The Morgan fingerprint density at radius 2 is 1.81 bits per heavy atom. The number of carbonyl (C=O) groups excluding carboxylic acids is 1. The Morgan fingerprint density at radius 1 is 1.12 bits per heavy atom. The van der Waals surface area contributed by atoms with Crippen LogP contribution in [0.15, 0.2) is 42.5 Å². The maximum atomic E-state index is 10.6. The average Bonchev–Trinajstić information content (AvgIpc) is 2.32. The van der Waals surface area contributed by atoms with Gasteiger partial charge in [-0.1, -0.05) is 30.3 Å². The summed E-state index contributed by atoms with van der Waals surface area (Å²) < 4.78 is 0. The Bertz CT molecular complexity index is 516. The summed E-state index contributed by atoms with van der Waals surface area (Å²) in [5.41, 5.74) is 2.88. The van der Waals surface area contributed by atoms with Gasteiger partial charge in [0, 0.05) is 11.1 Å². The standard InChI is InChI=1S/C14H11O2/c1-10-7-13(11-5-3-2-4-6-11)14(16)8-12(10)9-15/h2-8,16H,1H3. The fraction of sp³-hybridized carbons (Fsp3) is 0.0714. The van der Waals surface area contributed by atoms with E-state index in [9.17, 15) is 9.90 Å². The fourth-order valence-corrected chi connectivity index (χ4v) is 1.66. The summed E-state index contributed by atoms with van der Waals surface area (Å²) in [6.07, 6.45) is 1.80. The van der Waals surface area contributed by atoms with E-state index in [-0.39, 0.29) is 5.75 Å². The molecule has 0 aliphatic heterocycles. The minimum atomic E-state index is 0.107. The molecule has 79 valence electrons. The lowest BCUT2D eigenvalue weighted by atomic mass is 9.99. The molecule has 0 atom stereocenters. The number of hydrogen-bond donors (Lipinski definition) is 1. The number of rotatable bonds is 2. The summed E-state index contributed by atoms with van der Waals surface area (Å²) in [6.45, 7) is 1.83. The molecule has 2 nitrogen and oxygen atoms in total. The lowest BCUT2D eigenvalue weighted by Gasteiger charge is -2.07. The second-order valence-corrected chi connectivity index (χ2v) is 3.65. The van der Waals surface area contributed by atoms with Gasteiger partial charge in [-0.2, -0.15) is 0 Å². The number of aryl methyl sites for hydroxylation is 1. The third kappa shape index (κ3) is 1.82. The predicted molar refractivity (Wildman–Crippen MR) is 63.1 cm³/mol. The van der Waals surface area contributed by atoms with Crippen molar-refractivity contribution in [3.05, 3.63) is 53.6 Å². The minimum Gasteiger partial charge on any atom is -0.507 e. The lowest BCUT2D eigenvalue weighted by molar-refractivity contribution is 0.476. The summed E-state index contributed by atoms with van der Waals surface area (Å²) in [5, 5.41) is 9.82. The van der Waals surface area contributed by atoms with E-state index in [2.05, 4.69) is 0 Å². The summed E-state index contributed by atoms with van der Waals surface area (Å²) in [7, 11) is 0. The molecule has 2 rings (SSSR count). The molecule has 16 heavy (non-hydrogen) atoms. The highest BCUT2D eigenvalue weighted by atomic mass is 16.3. The van der Waals surface area contributed by atoms with E-state index in [1.807, 2.05) is 37.3 Å². The first-order valence-corrected chi connectivity index (χ1v) is 4.99. The zero-order valence-corrected chi connectivity index (χ0v) is 8.90. The summed E-state index contributed by atoms with van der Waals surface area (Å²) in [5.74, 6) is 0.107. The maximum Gasteiger partial charge on any atom is 0.233 e. The van der Waals surface area contributed by atoms with Gasteiger partial charge in [0.05, 0.1) is 0 Å². The molecule has 0 fully saturated rings. The third-order valence-corrected chi connectivity index (χ3v) is 2.54. The summed E-state index contributed by atoms with van der Waals surface area (Å²) >= 11 is 0. The zero-order valence-electron chi connectivity index (χ0n) is 8.90. The van der Waals surface area contributed by atoms with Crippen LogP contribution in [0, 0.1) is 6.92 Å². The van der Waals surface area contributed by atoms with E-state index in [1.165, 1.54) is 6.07 Å². The molecule has 2 aromatic rings. The SMILES string of the molecule is Cc1cc(-c2ccccc2)c(O)cc1[C]=O. The van der Waals surface area contributed by atoms with Crippen molar-refractivity contribution in [1.29, 1.82) is 0 Å². The van der Waals surface area contributed by atoms with Crippen molar-refractivity contribution in [3.63, 3.8) is 0 Å². The summed E-state index contributed by atoms with van der Waals surface area (Å²) in [4.78, 5) is 10.6. The molecule has 0 aliphatic rings. The van der Waals surface area contributed by atoms with E-state index in [0.29, 0.717) is 5.56 Å². The van der Waals surface area contributed by atoms with E-state index in [4.69, 9.17) is 0 Å².